The molecule has 3 aromatic rings. The molecule has 31 heavy (non-hydrogen) atoms. The molecule has 2 aromatic carbocycles. The minimum absolute atomic E-state index is 0.0288. The Balaban J connectivity index is 1.50. The number of rotatable bonds is 8. The van der Waals surface area contributed by atoms with Crippen molar-refractivity contribution in [3.8, 4) is 11.5 Å². The van der Waals surface area contributed by atoms with Gasteiger partial charge < -0.3 is 19.4 Å². The van der Waals surface area contributed by atoms with Crippen molar-refractivity contribution in [2.24, 2.45) is 5.92 Å². The SMILES string of the molecule is Cc1nccn1C[C@H](C)C(=O)N[C@H](CCc1ccccc1)c1ccc2c(c1)OCCO2. The maximum atomic E-state index is 13.1. The Morgan fingerprint density at radius 1 is 1.13 bits per heavy atom. The van der Waals surface area contributed by atoms with Gasteiger partial charge in [-0.1, -0.05) is 43.3 Å². The van der Waals surface area contributed by atoms with E-state index in [0.29, 0.717) is 19.8 Å². The fraction of sp³-hybridized carbons (Fsp3) is 0.360. The Bertz CT molecular complexity index is 1020. The van der Waals surface area contributed by atoms with Crippen molar-refractivity contribution in [1.29, 1.82) is 0 Å². The minimum atomic E-state index is -0.177. The van der Waals surface area contributed by atoms with Crippen LogP contribution in [0.5, 0.6) is 11.5 Å². The van der Waals surface area contributed by atoms with E-state index in [1.54, 1.807) is 6.20 Å². The molecule has 0 aliphatic carbocycles. The summed E-state index contributed by atoms with van der Waals surface area (Å²) in [6.45, 7) is 5.60. The summed E-state index contributed by atoms with van der Waals surface area (Å²) in [4.78, 5) is 17.3. The lowest BCUT2D eigenvalue weighted by Crippen LogP contribution is -2.35. The normalized spacial score (nSPS) is 14.6. The molecule has 2 heterocycles. The molecule has 1 N–H and O–H groups in total. The van der Waals surface area contributed by atoms with Gasteiger partial charge in [-0.3, -0.25) is 4.79 Å². The highest BCUT2D eigenvalue weighted by Crippen LogP contribution is 2.33. The van der Waals surface area contributed by atoms with Crippen LogP contribution in [0.1, 0.15) is 36.3 Å². The number of amides is 1. The largest absolute Gasteiger partial charge is 0.486 e. The maximum Gasteiger partial charge on any atom is 0.225 e. The van der Waals surface area contributed by atoms with Crippen LogP contribution < -0.4 is 14.8 Å². The molecule has 0 fully saturated rings. The van der Waals surface area contributed by atoms with Crippen LogP contribution in [0.2, 0.25) is 0 Å². The molecule has 162 valence electrons. The van der Waals surface area contributed by atoms with E-state index in [2.05, 4.69) is 22.4 Å². The maximum absolute atomic E-state index is 13.1. The summed E-state index contributed by atoms with van der Waals surface area (Å²) in [5.41, 5.74) is 2.28. The molecule has 0 radical (unpaired) electrons. The smallest absolute Gasteiger partial charge is 0.225 e. The molecule has 0 spiro atoms. The van der Waals surface area contributed by atoms with E-state index in [-0.39, 0.29) is 17.9 Å². The van der Waals surface area contributed by atoms with Gasteiger partial charge in [-0.25, -0.2) is 4.98 Å². The van der Waals surface area contributed by atoms with Gasteiger partial charge in [0.25, 0.3) is 0 Å². The van der Waals surface area contributed by atoms with Crippen LogP contribution in [0.3, 0.4) is 0 Å². The van der Waals surface area contributed by atoms with Crippen LogP contribution in [-0.4, -0.2) is 28.7 Å². The highest BCUT2D eigenvalue weighted by atomic mass is 16.6. The topological polar surface area (TPSA) is 65.4 Å². The summed E-state index contributed by atoms with van der Waals surface area (Å²) in [6, 6.07) is 16.2. The fourth-order valence-corrected chi connectivity index (χ4v) is 3.84. The van der Waals surface area contributed by atoms with Crippen molar-refractivity contribution in [3.63, 3.8) is 0 Å². The molecule has 6 nitrogen and oxygen atoms in total. The second-order valence-electron chi connectivity index (χ2n) is 8.02. The van der Waals surface area contributed by atoms with Crippen molar-refractivity contribution in [3.05, 3.63) is 77.9 Å². The van der Waals surface area contributed by atoms with E-state index in [1.165, 1.54) is 5.56 Å². The van der Waals surface area contributed by atoms with Gasteiger partial charge in [-0.15, -0.1) is 0 Å². The summed E-state index contributed by atoms with van der Waals surface area (Å²) >= 11 is 0. The van der Waals surface area contributed by atoms with Gasteiger partial charge >= 0.3 is 0 Å². The van der Waals surface area contributed by atoms with Gasteiger partial charge in [-0.2, -0.15) is 0 Å². The van der Waals surface area contributed by atoms with Crippen molar-refractivity contribution in [1.82, 2.24) is 14.9 Å². The predicted molar refractivity (Wildman–Crippen MR) is 119 cm³/mol. The molecular weight excluding hydrogens is 390 g/mol. The average Bonchev–Trinajstić information content (AvgIpc) is 3.21. The summed E-state index contributed by atoms with van der Waals surface area (Å²) < 4.78 is 13.4. The number of fused-ring (bicyclic) bond motifs is 1. The first-order chi connectivity index (χ1) is 15.1. The number of carbonyl (C=O) groups excluding carboxylic acids is 1. The Hall–Kier alpha value is -3.28. The van der Waals surface area contributed by atoms with Gasteiger partial charge in [0.05, 0.1) is 12.0 Å². The summed E-state index contributed by atoms with van der Waals surface area (Å²) in [5.74, 6) is 2.26. The molecule has 0 bridgehead atoms. The quantitative estimate of drug-likeness (QED) is 0.597. The lowest BCUT2D eigenvalue weighted by atomic mass is 9.97. The molecule has 4 rings (SSSR count). The van der Waals surface area contributed by atoms with Gasteiger partial charge in [0.15, 0.2) is 11.5 Å². The van der Waals surface area contributed by atoms with Crippen molar-refractivity contribution >= 4 is 5.91 Å². The monoisotopic (exact) mass is 419 g/mol. The van der Waals surface area contributed by atoms with E-state index in [4.69, 9.17) is 9.47 Å². The van der Waals surface area contributed by atoms with Gasteiger partial charge in [0, 0.05) is 18.9 Å². The molecule has 2 atom stereocenters. The molecule has 0 saturated heterocycles. The standard InChI is InChI=1S/C25H29N3O3/c1-18(17-28-13-12-26-19(28)2)25(29)27-22(10-8-20-6-4-3-5-7-20)21-9-11-23-24(16-21)31-15-14-30-23/h3-7,9,11-13,16,18,22H,8,10,14-15,17H2,1-2H3,(H,27,29)/t18-,22+/m0/s1. The average molecular weight is 420 g/mol. The number of benzene rings is 2. The number of imidazole rings is 1. The number of carbonyl (C=O) groups is 1. The van der Waals surface area contributed by atoms with Gasteiger partial charge in [-0.05, 0) is 43.0 Å². The highest BCUT2D eigenvalue weighted by Gasteiger charge is 2.22. The van der Waals surface area contributed by atoms with Crippen LogP contribution in [0.15, 0.2) is 60.9 Å². The van der Waals surface area contributed by atoms with Gasteiger partial charge in [0.1, 0.15) is 19.0 Å². The summed E-state index contributed by atoms with van der Waals surface area (Å²) in [6.07, 6.45) is 5.34. The number of nitrogens with one attached hydrogen (secondary N) is 1. The first-order valence-electron chi connectivity index (χ1n) is 10.8. The van der Waals surface area contributed by atoms with Crippen molar-refractivity contribution in [2.45, 2.75) is 39.3 Å². The Morgan fingerprint density at radius 3 is 2.65 bits per heavy atom. The third kappa shape index (κ3) is 5.26. The Labute approximate surface area is 183 Å². The lowest BCUT2D eigenvalue weighted by molar-refractivity contribution is -0.125. The van der Waals surface area contributed by atoms with Crippen LogP contribution in [0, 0.1) is 12.8 Å². The molecule has 1 aliphatic rings. The van der Waals surface area contributed by atoms with Crippen LogP contribution >= 0.6 is 0 Å². The minimum Gasteiger partial charge on any atom is -0.486 e. The second kappa shape index (κ2) is 9.69. The van der Waals surface area contributed by atoms with E-state index >= 15 is 0 Å². The van der Waals surface area contributed by atoms with Gasteiger partial charge in [0.2, 0.25) is 5.91 Å². The zero-order chi connectivity index (χ0) is 21.6. The predicted octanol–water partition coefficient (Wildman–Crippen LogP) is 4.09. The summed E-state index contributed by atoms with van der Waals surface area (Å²) in [7, 11) is 0. The van der Waals surface area contributed by atoms with Crippen LogP contribution in [0.4, 0.5) is 0 Å². The van der Waals surface area contributed by atoms with E-state index in [1.807, 2.05) is 61.0 Å². The molecule has 1 aliphatic heterocycles. The molecule has 0 saturated carbocycles. The molecule has 1 aromatic heterocycles. The van der Waals surface area contributed by atoms with Crippen molar-refractivity contribution in [2.75, 3.05) is 13.2 Å². The molecule has 0 unspecified atom stereocenters. The number of ether oxygens (including phenoxy) is 2. The zero-order valence-corrected chi connectivity index (χ0v) is 18.1. The number of hydrogen-bond acceptors (Lipinski definition) is 4. The second-order valence-corrected chi connectivity index (χ2v) is 8.02. The van der Waals surface area contributed by atoms with E-state index in [9.17, 15) is 4.79 Å². The van der Waals surface area contributed by atoms with E-state index in [0.717, 1.165) is 35.7 Å². The van der Waals surface area contributed by atoms with E-state index < -0.39 is 0 Å². The number of aromatic nitrogens is 2. The van der Waals surface area contributed by atoms with Crippen molar-refractivity contribution < 1.29 is 14.3 Å². The summed E-state index contributed by atoms with van der Waals surface area (Å²) in [5, 5.41) is 3.27. The third-order valence-corrected chi connectivity index (χ3v) is 5.69. The molecular formula is C25H29N3O3. The number of aryl methyl sites for hydroxylation is 2. The fourth-order valence-electron chi connectivity index (χ4n) is 3.84. The third-order valence-electron chi connectivity index (χ3n) is 5.69. The zero-order valence-electron chi connectivity index (χ0n) is 18.1. The van der Waals surface area contributed by atoms with Crippen LogP contribution in [0.25, 0.3) is 0 Å². The first kappa shape index (κ1) is 21.0. The van der Waals surface area contributed by atoms with Crippen LogP contribution in [-0.2, 0) is 17.8 Å². The molecule has 6 heteroatoms. The number of nitrogens with zero attached hydrogens (tertiary/aromatic N) is 2. The Morgan fingerprint density at radius 2 is 1.90 bits per heavy atom. The highest BCUT2D eigenvalue weighted by molar-refractivity contribution is 5.78. The molecule has 1 amide bonds. The first-order valence-corrected chi connectivity index (χ1v) is 10.8. The Kier molecular flexibility index (Phi) is 6.55. The number of hydrogen-bond donors (Lipinski definition) is 1. The lowest BCUT2D eigenvalue weighted by Gasteiger charge is -2.24.